The summed E-state index contributed by atoms with van der Waals surface area (Å²) in [5.74, 6) is 1.26. The second-order valence-corrected chi connectivity index (χ2v) is 11.7. The van der Waals surface area contributed by atoms with Crippen LogP contribution in [0.15, 0.2) is 32.7 Å². The summed E-state index contributed by atoms with van der Waals surface area (Å²) in [6, 6.07) is 6.43. The summed E-state index contributed by atoms with van der Waals surface area (Å²) < 4.78 is 12.3. The van der Waals surface area contributed by atoms with E-state index in [1.165, 1.54) is 5.56 Å². The normalized spacial score (nSPS) is 33.8. The van der Waals surface area contributed by atoms with Gasteiger partial charge in [0.05, 0.1) is 11.8 Å². The predicted octanol–water partition coefficient (Wildman–Crippen LogP) is 5.62. The zero-order valence-electron chi connectivity index (χ0n) is 20.1. The van der Waals surface area contributed by atoms with Crippen molar-refractivity contribution >= 4 is 33.6 Å². The summed E-state index contributed by atoms with van der Waals surface area (Å²) in [6.07, 6.45) is 2.56. The highest BCUT2D eigenvalue weighted by Gasteiger charge is 2.63. The minimum atomic E-state index is -0.748. The second-order valence-electron chi connectivity index (χ2n) is 10.8. The summed E-state index contributed by atoms with van der Waals surface area (Å²) in [4.78, 5) is 22.9. The van der Waals surface area contributed by atoms with Crippen LogP contribution in [0.1, 0.15) is 65.5 Å². The molecule has 0 unspecified atom stereocenters. The highest BCUT2D eigenvalue weighted by molar-refractivity contribution is 9.10. The zero-order valence-corrected chi connectivity index (χ0v) is 21.7. The SMILES string of the molecule is CO[C@H]1[C@H](C)C[C@@]2(Cc3ccc(Br)cc3[C@@]23N=C(C)C(NC(=O)OC(C)(C)C)=N3)C[C@@H]1C. The molecule has 32 heavy (non-hydrogen) atoms. The van der Waals surface area contributed by atoms with Gasteiger partial charge in [-0.2, -0.15) is 0 Å². The number of alkyl carbamates (subject to hydrolysis) is 1. The van der Waals surface area contributed by atoms with Crippen LogP contribution < -0.4 is 5.32 Å². The van der Waals surface area contributed by atoms with Gasteiger partial charge in [0, 0.05) is 22.6 Å². The molecule has 3 aliphatic rings. The molecule has 1 amide bonds. The van der Waals surface area contributed by atoms with Gasteiger partial charge >= 0.3 is 6.09 Å². The number of carbonyl (C=O) groups is 1. The highest BCUT2D eigenvalue weighted by Crippen LogP contribution is 2.63. The molecule has 1 fully saturated rings. The lowest BCUT2D eigenvalue weighted by Crippen LogP contribution is -2.49. The Hall–Kier alpha value is -1.73. The first-order chi connectivity index (χ1) is 14.9. The van der Waals surface area contributed by atoms with Gasteiger partial charge in [0.15, 0.2) is 11.5 Å². The van der Waals surface area contributed by atoms with Gasteiger partial charge in [-0.25, -0.2) is 9.79 Å². The molecule has 1 aromatic rings. The fraction of sp³-hybridized carbons (Fsp3) is 0.640. The van der Waals surface area contributed by atoms with Crippen LogP contribution in [-0.4, -0.2) is 36.5 Å². The number of nitrogens with one attached hydrogen (secondary N) is 1. The Bertz CT molecular complexity index is 985. The Morgan fingerprint density at radius 3 is 2.44 bits per heavy atom. The standard InChI is InChI=1S/C25H34BrN3O3/c1-14-11-24(12-15(2)20(14)31-7)13-17-8-9-18(26)10-19(17)25(24)28-16(3)21(29-25)27-22(30)32-23(4,5)6/h8-10,14-15,20H,11-13H2,1-7H3,(H,27,29,30)/t14-,15+,20+,24+,25-/m0/s1. The van der Waals surface area contributed by atoms with Gasteiger partial charge in [-0.3, -0.25) is 10.3 Å². The van der Waals surface area contributed by atoms with Gasteiger partial charge in [0.25, 0.3) is 0 Å². The van der Waals surface area contributed by atoms with Crippen LogP contribution in [0.3, 0.4) is 0 Å². The van der Waals surface area contributed by atoms with E-state index in [0.717, 1.165) is 35.0 Å². The van der Waals surface area contributed by atoms with E-state index in [-0.39, 0.29) is 11.5 Å². The average molecular weight is 504 g/mol. The van der Waals surface area contributed by atoms with Gasteiger partial charge in [0.1, 0.15) is 5.60 Å². The molecule has 1 saturated carbocycles. The quantitative estimate of drug-likeness (QED) is 0.540. The van der Waals surface area contributed by atoms with E-state index < -0.39 is 17.4 Å². The van der Waals surface area contributed by atoms with E-state index in [9.17, 15) is 4.79 Å². The van der Waals surface area contributed by atoms with Crippen molar-refractivity contribution in [3.8, 4) is 0 Å². The number of benzene rings is 1. The van der Waals surface area contributed by atoms with Crippen molar-refractivity contribution in [2.45, 2.75) is 78.2 Å². The third kappa shape index (κ3) is 3.81. The topological polar surface area (TPSA) is 72.3 Å². The van der Waals surface area contributed by atoms with Crippen LogP contribution in [0.2, 0.25) is 0 Å². The first-order valence-corrected chi connectivity index (χ1v) is 12.2. The number of amidine groups is 1. The van der Waals surface area contributed by atoms with Crippen molar-refractivity contribution in [3.63, 3.8) is 0 Å². The van der Waals surface area contributed by atoms with Crippen LogP contribution in [0.25, 0.3) is 0 Å². The lowest BCUT2D eigenvalue weighted by Gasteiger charge is -2.49. The number of halogens is 1. The molecule has 1 aromatic carbocycles. The molecule has 7 heteroatoms. The molecule has 1 N–H and O–H groups in total. The van der Waals surface area contributed by atoms with Crippen molar-refractivity contribution in [2.24, 2.45) is 27.2 Å². The lowest BCUT2D eigenvalue weighted by atomic mass is 9.59. The van der Waals surface area contributed by atoms with E-state index in [2.05, 4.69) is 53.3 Å². The van der Waals surface area contributed by atoms with E-state index in [1.807, 2.05) is 34.8 Å². The van der Waals surface area contributed by atoms with Crippen LogP contribution >= 0.6 is 15.9 Å². The largest absolute Gasteiger partial charge is 0.444 e. The molecule has 0 bridgehead atoms. The summed E-state index contributed by atoms with van der Waals surface area (Å²) in [7, 11) is 1.81. The molecule has 2 spiro atoms. The van der Waals surface area contributed by atoms with Crippen LogP contribution in [0.4, 0.5) is 4.79 Å². The van der Waals surface area contributed by atoms with Crippen LogP contribution in [0.5, 0.6) is 0 Å². The predicted molar refractivity (Wildman–Crippen MR) is 130 cm³/mol. The third-order valence-electron chi connectivity index (χ3n) is 7.10. The van der Waals surface area contributed by atoms with Gasteiger partial charge in [-0.15, -0.1) is 0 Å². The number of carbonyl (C=O) groups excluding carboxylic acids is 1. The van der Waals surface area contributed by atoms with Crippen LogP contribution in [-0.2, 0) is 21.6 Å². The first kappa shape index (κ1) is 23.4. The number of aliphatic imine (C=N–C) groups is 2. The van der Waals surface area contributed by atoms with Crippen LogP contribution in [0, 0.1) is 17.3 Å². The van der Waals surface area contributed by atoms with Crippen molar-refractivity contribution in [1.82, 2.24) is 5.32 Å². The molecule has 5 atom stereocenters. The average Bonchev–Trinajstić information content (AvgIpc) is 3.09. The second kappa shape index (κ2) is 7.94. The monoisotopic (exact) mass is 503 g/mol. The summed E-state index contributed by atoms with van der Waals surface area (Å²) in [5.41, 5.74) is 1.65. The number of amides is 1. The minimum Gasteiger partial charge on any atom is -0.444 e. The molecule has 6 nitrogen and oxygen atoms in total. The first-order valence-electron chi connectivity index (χ1n) is 11.4. The van der Waals surface area contributed by atoms with Gasteiger partial charge < -0.3 is 9.47 Å². The Morgan fingerprint density at radius 2 is 1.84 bits per heavy atom. The summed E-state index contributed by atoms with van der Waals surface area (Å²) >= 11 is 3.65. The van der Waals surface area contributed by atoms with E-state index in [1.54, 1.807) is 0 Å². The third-order valence-corrected chi connectivity index (χ3v) is 7.59. The number of hydrogen-bond donors (Lipinski definition) is 1. The molecule has 1 aliphatic heterocycles. The number of nitrogens with zero attached hydrogens (tertiary/aromatic N) is 2. The van der Waals surface area contributed by atoms with Gasteiger partial charge in [-0.05, 0) is 76.5 Å². The van der Waals surface area contributed by atoms with E-state index in [0.29, 0.717) is 17.7 Å². The zero-order chi connectivity index (χ0) is 23.5. The van der Waals surface area contributed by atoms with Crippen molar-refractivity contribution in [2.75, 3.05) is 7.11 Å². The fourth-order valence-corrected chi connectivity index (χ4v) is 6.60. The number of fused-ring (bicyclic) bond motifs is 3. The van der Waals surface area contributed by atoms with Gasteiger partial charge in [0.2, 0.25) is 0 Å². The molecule has 2 aliphatic carbocycles. The number of methoxy groups -OCH3 is 1. The van der Waals surface area contributed by atoms with Crippen molar-refractivity contribution in [3.05, 3.63) is 33.8 Å². The molecule has 0 saturated heterocycles. The van der Waals surface area contributed by atoms with E-state index in [4.69, 9.17) is 19.5 Å². The Kier molecular flexibility index (Phi) is 5.82. The smallest absolute Gasteiger partial charge is 0.413 e. The molecule has 1 heterocycles. The fourth-order valence-electron chi connectivity index (χ4n) is 6.24. The van der Waals surface area contributed by atoms with Crippen molar-refractivity contribution in [1.29, 1.82) is 0 Å². The Labute approximate surface area is 199 Å². The maximum atomic E-state index is 12.5. The molecular weight excluding hydrogens is 470 g/mol. The maximum absolute atomic E-state index is 12.5. The summed E-state index contributed by atoms with van der Waals surface area (Å²) in [6.45, 7) is 12.0. The number of ether oxygens (including phenoxy) is 2. The molecule has 4 rings (SSSR count). The lowest BCUT2D eigenvalue weighted by molar-refractivity contribution is -0.0730. The molecule has 0 radical (unpaired) electrons. The summed E-state index contributed by atoms with van der Waals surface area (Å²) in [5, 5.41) is 2.87. The molecule has 0 aromatic heterocycles. The Morgan fingerprint density at radius 1 is 1.19 bits per heavy atom. The number of hydrogen-bond acceptors (Lipinski definition) is 5. The van der Waals surface area contributed by atoms with Gasteiger partial charge in [-0.1, -0.05) is 35.8 Å². The molecular formula is C25H34BrN3O3. The van der Waals surface area contributed by atoms with E-state index >= 15 is 0 Å². The van der Waals surface area contributed by atoms with Crippen molar-refractivity contribution < 1.29 is 14.3 Å². The molecule has 174 valence electrons. The highest BCUT2D eigenvalue weighted by atomic mass is 79.9. The number of rotatable bonds is 1. The minimum absolute atomic E-state index is 0.164. The maximum Gasteiger partial charge on any atom is 0.413 e. The Balaban J connectivity index is 1.79.